The van der Waals surface area contributed by atoms with Gasteiger partial charge < -0.3 is 14.4 Å². The smallest absolute Gasteiger partial charge is 0.225 e. The van der Waals surface area contributed by atoms with E-state index < -0.39 is 0 Å². The maximum absolute atomic E-state index is 12.7. The number of methoxy groups -OCH3 is 1. The largest absolute Gasteiger partial charge is 0.492 e. The number of aryl methyl sites for hydroxylation is 1. The average molecular weight is 315 g/mol. The molecule has 1 spiro atoms. The Labute approximate surface area is 137 Å². The average Bonchev–Trinajstić information content (AvgIpc) is 3.09. The van der Waals surface area contributed by atoms with Gasteiger partial charge in [0.2, 0.25) is 5.91 Å². The van der Waals surface area contributed by atoms with Crippen molar-refractivity contribution >= 4 is 5.91 Å². The van der Waals surface area contributed by atoms with Gasteiger partial charge in [-0.15, -0.1) is 0 Å². The Kier molecular flexibility index (Phi) is 3.41. The zero-order chi connectivity index (χ0) is 16.1. The molecule has 0 N–H and O–H groups in total. The van der Waals surface area contributed by atoms with Crippen molar-refractivity contribution in [2.24, 2.45) is 0 Å². The van der Waals surface area contributed by atoms with Crippen LogP contribution >= 0.6 is 0 Å². The van der Waals surface area contributed by atoms with E-state index in [1.54, 1.807) is 7.11 Å². The molecule has 1 atom stereocenters. The lowest BCUT2D eigenvalue weighted by atomic mass is 9.77. The molecule has 2 aliphatic heterocycles. The fourth-order valence-corrected chi connectivity index (χ4v) is 4.31. The molecule has 1 aromatic rings. The number of hydrogen-bond acceptors (Lipinski definition) is 3. The van der Waals surface area contributed by atoms with E-state index in [1.807, 2.05) is 4.90 Å². The van der Waals surface area contributed by atoms with E-state index in [9.17, 15) is 4.79 Å². The van der Waals surface area contributed by atoms with Crippen LogP contribution in [0.4, 0.5) is 0 Å². The molecule has 1 saturated carbocycles. The lowest BCUT2D eigenvalue weighted by Crippen LogP contribution is -2.45. The summed E-state index contributed by atoms with van der Waals surface area (Å²) in [5, 5.41) is 0. The van der Waals surface area contributed by atoms with Gasteiger partial charge in [-0.05, 0) is 38.7 Å². The highest BCUT2D eigenvalue weighted by Crippen LogP contribution is 2.46. The third kappa shape index (κ3) is 2.35. The Morgan fingerprint density at radius 2 is 2.17 bits per heavy atom. The minimum atomic E-state index is -0.187. The second-order valence-corrected chi connectivity index (χ2v) is 7.55. The van der Waals surface area contributed by atoms with Crippen LogP contribution in [0.15, 0.2) is 18.2 Å². The van der Waals surface area contributed by atoms with Crippen molar-refractivity contribution in [1.82, 2.24) is 4.90 Å². The highest BCUT2D eigenvalue weighted by atomic mass is 16.5. The van der Waals surface area contributed by atoms with Gasteiger partial charge in [0.05, 0.1) is 24.0 Å². The number of carbonyl (C=O) groups excluding carboxylic acids is 1. The Morgan fingerprint density at radius 3 is 2.87 bits per heavy atom. The second-order valence-electron chi connectivity index (χ2n) is 7.55. The molecule has 4 nitrogen and oxygen atoms in total. The van der Waals surface area contributed by atoms with Crippen LogP contribution in [0.25, 0.3) is 0 Å². The first kappa shape index (κ1) is 15.0. The molecule has 4 heteroatoms. The molecular weight excluding hydrogens is 290 g/mol. The summed E-state index contributed by atoms with van der Waals surface area (Å²) in [7, 11) is 1.74. The van der Waals surface area contributed by atoms with Crippen molar-refractivity contribution in [3.8, 4) is 5.75 Å². The number of nitrogens with zero attached hydrogens (tertiary/aromatic N) is 1. The number of carbonyl (C=O) groups is 1. The quantitative estimate of drug-likeness (QED) is 0.861. The van der Waals surface area contributed by atoms with Crippen LogP contribution in [0.2, 0.25) is 0 Å². The number of fused-ring (bicyclic) bond motifs is 2. The SMILES string of the molecule is COC1(CC(=O)N2CCC3(COc4ccc(C)cc43)C2)CCC1. The van der Waals surface area contributed by atoms with Gasteiger partial charge in [0.15, 0.2) is 0 Å². The first-order valence-corrected chi connectivity index (χ1v) is 8.63. The molecule has 2 heterocycles. The standard InChI is InChI=1S/C19H25NO3/c1-14-4-5-16-15(10-14)18(13-23-16)8-9-20(12-18)17(21)11-19(22-2)6-3-7-19/h4-5,10H,3,6-9,11-13H2,1-2H3. The van der Waals surface area contributed by atoms with E-state index in [4.69, 9.17) is 9.47 Å². The van der Waals surface area contributed by atoms with E-state index in [1.165, 1.54) is 17.5 Å². The minimum absolute atomic E-state index is 0.00311. The van der Waals surface area contributed by atoms with Gasteiger partial charge in [-0.25, -0.2) is 0 Å². The normalized spacial score (nSPS) is 27.7. The number of benzene rings is 1. The predicted octanol–water partition coefficient (Wildman–Crippen LogP) is 2.82. The van der Waals surface area contributed by atoms with Crippen LogP contribution in [0, 0.1) is 6.92 Å². The zero-order valence-electron chi connectivity index (χ0n) is 14.1. The van der Waals surface area contributed by atoms with E-state index in [0.717, 1.165) is 38.1 Å². The van der Waals surface area contributed by atoms with Crippen LogP contribution in [0.3, 0.4) is 0 Å². The molecule has 124 valence electrons. The van der Waals surface area contributed by atoms with Crippen molar-refractivity contribution in [2.45, 2.75) is 50.0 Å². The molecule has 23 heavy (non-hydrogen) atoms. The van der Waals surface area contributed by atoms with Gasteiger partial charge >= 0.3 is 0 Å². The molecule has 1 aromatic carbocycles. The van der Waals surface area contributed by atoms with Gasteiger partial charge in [-0.3, -0.25) is 4.79 Å². The summed E-state index contributed by atoms with van der Waals surface area (Å²) in [6, 6.07) is 6.39. The van der Waals surface area contributed by atoms with Crippen molar-refractivity contribution in [3.05, 3.63) is 29.3 Å². The lowest BCUT2D eigenvalue weighted by molar-refractivity contribution is -0.143. The molecule has 0 radical (unpaired) electrons. The predicted molar refractivity (Wildman–Crippen MR) is 87.8 cm³/mol. The molecule has 1 saturated heterocycles. The molecule has 1 amide bonds. The van der Waals surface area contributed by atoms with E-state index in [2.05, 4.69) is 25.1 Å². The number of rotatable bonds is 3. The Morgan fingerprint density at radius 1 is 1.35 bits per heavy atom. The van der Waals surface area contributed by atoms with Crippen LogP contribution in [-0.2, 0) is 14.9 Å². The van der Waals surface area contributed by atoms with Gasteiger partial charge in [-0.2, -0.15) is 0 Å². The maximum Gasteiger partial charge on any atom is 0.225 e. The monoisotopic (exact) mass is 315 g/mol. The van der Waals surface area contributed by atoms with Gasteiger partial charge in [0.1, 0.15) is 5.75 Å². The fourth-order valence-electron chi connectivity index (χ4n) is 4.31. The first-order chi connectivity index (χ1) is 11.1. The Hall–Kier alpha value is -1.55. The van der Waals surface area contributed by atoms with E-state index in [0.29, 0.717) is 13.0 Å². The molecule has 1 unspecified atom stereocenters. The highest BCUT2D eigenvalue weighted by molar-refractivity contribution is 5.78. The van der Waals surface area contributed by atoms with Crippen molar-refractivity contribution < 1.29 is 14.3 Å². The minimum Gasteiger partial charge on any atom is -0.492 e. The zero-order valence-corrected chi connectivity index (χ0v) is 14.1. The Balaban J connectivity index is 1.50. The summed E-state index contributed by atoms with van der Waals surface area (Å²) in [6.07, 6.45) is 4.72. The summed E-state index contributed by atoms with van der Waals surface area (Å²) < 4.78 is 11.5. The van der Waals surface area contributed by atoms with Crippen molar-refractivity contribution in [1.29, 1.82) is 0 Å². The molecule has 0 aromatic heterocycles. The van der Waals surface area contributed by atoms with Crippen LogP contribution in [-0.4, -0.2) is 43.2 Å². The number of amides is 1. The number of likely N-dealkylation sites (tertiary alicyclic amines) is 1. The first-order valence-electron chi connectivity index (χ1n) is 8.63. The van der Waals surface area contributed by atoms with E-state index >= 15 is 0 Å². The van der Waals surface area contributed by atoms with Crippen LogP contribution in [0.5, 0.6) is 5.75 Å². The van der Waals surface area contributed by atoms with Gasteiger partial charge in [-0.1, -0.05) is 17.7 Å². The highest BCUT2D eigenvalue weighted by Gasteiger charge is 2.48. The maximum atomic E-state index is 12.7. The molecule has 0 bridgehead atoms. The molecule has 3 aliphatic rings. The number of ether oxygens (including phenoxy) is 2. The molecule has 1 aliphatic carbocycles. The molecule has 2 fully saturated rings. The molecular formula is C19H25NO3. The van der Waals surface area contributed by atoms with Crippen molar-refractivity contribution in [3.63, 3.8) is 0 Å². The van der Waals surface area contributed by atoms with Crippen molar-refractivity contribution in [2.75, 3.05) is 26.8 Å². The van der Waals surface area contributed by atoms with Gasteiger partial charge in [0.25, 0.3) is 0 Å². The summed E-state index contributed by atoms with van der Waals surface area (Å²) in [5.41, 5.74) is 2.36. The van der Waals surface area contributed by atoms with Crippen LogP contribution < -0.4 is 4.74 Å². The fraction of sp³-hybridized carbons (Fsp3) is 0.632. The lowest BCUT2D eigenvalue weighted by Gasteiger charge is -2.40. The number of hydrogen-bond donors (Lipinski definition) is 0. The topological polar surface area (TPSA) is 38.8 Å². The summed E-state index contributed by atoms with van der Waals surface area (Å²) >= 11 is 0. The second kappa shape index (κ2) is 5.23. The Bertz CT molecular complexity index is 632. The van der Waals surface area contributed by atoms with Crippen LogP contribution in [0.1, 0.15) is 43.2 Å². The third-order valence-corrected chi connectivity index (χ3v) is 6.09. The summed E-state index contributed by atoms with van der Waals surface area (Å²) in [6.45, 7) is 4.42. The third-order valence-electron chi connectivity index (χ3n) is 6.09. The summed E-state index contributed by atoms with van der Waals surface area (Å²) in [4.78, 5) is 14.8. The molecule has 4 rings (SSSR count). The van der Waals surface area contributed by atoms with E-state index in [-0.39, 0.29) is 16.9 Å². The summed E-state index contributed by atoms with van der Waals surface area (Å²) in [5.74, 6) is 1.24. The van der Waals surface area contributed by atoms with Gasteiger partial charge in [0, 0.05) is 25.8 Å².